The lowest BCUT2D eigenvalue weighted by Crippen LogP contribution is -2.31. The molecule has 0 aromatic heterocycles. The highest BCUT2D eigenvalue weighted by Gasteiger charge is 2.39. The lowest BCUT2D eigenvalue weighted by molar-refractivity contribution is -0.118. The second-order valence-corrected chi connectivity index (χ2v) is 9.23. The highest BCUT2D eigenvalue weighted by atomic mass is 31.2. The van der Waals surface area contributed by atoms with E-state index in [0.717, 1.165) is 23.5 Å². The molecule has 0 spiro atoms. The lowest BCUT2D eigenvalue weighted by atomic mass is 10.1. The molecule has 0 amide bonds. The van der Waals surface area contributed by atoms with Crippen molar-refractivity contribution >= 4 is 23.5 Å². The number of hydrogen-bond acceptors (Lipinski definition) is 3. The maximum atomic E-state index is 14.2. The Morgan fingerprint density at radius 3 is 1.88 bits per heavy atom. The molecule has 25 heavy (non-hydrogen) atoms. The Hall–Kier alpha value is -1.70. The van der Waals surface area contributed by atoms with Gasteiger partial charge in [-0.3, -0.25) is 4.79 Å². The number of Topliss-reactive ketones (excluding diaryl/α,β-unsaturated/α-hetero) is 1. The number of aliphatic hydroxyl groups excluding tert-OH is 1. The maximum Gasteiger partial charge on any atom is 0.153 e. The average Bonchev–Trinajstić information content (AvgIpc) is 2.67. The second kappa shape index (κ2) is 9.70. The van der Waals surface area contributed by atoms with Crippen LogP contribution in [-0.4, -0.2) is 23.2 Å². The summed E-state index contributed by atoms with van der Waals surface area (Å²) in [6.07, 6.45) is 3.24. The highest BCUT2D eigenvalue weighted by Crippen LogP contribution is 2.50. The Labute approximate surface area is 150 Å². The first-order valence-corrected chi connectivity index (χ1v) is 10.8. The van der Waals surface area contributed by atoms with Gasteiger partial charge in [-0.25, -0.2) is 0 Å². The minimum atomic E-state index is -3.04. The third-order valence-electron chi connectivity index (χ3n) is 4.56. The Morgan fingerprint density at radius 1 is 0.920 bits per heavy atom. The number of benzene rings is 2. The molecular formula is C21H27O3P. The highest BCUT2D eigenvalue weighted by molar-refractivity contribution is 7.80. The van der Waals surface area contributed by atoms with E-state index in [2.05, 4.69) is 0 Å². The van der Waals surface area contributed by atoms with Crippen LogP contribution in [-0.2, 0) is 9.36 Å². The minimum Gasteiger partial charge on any atom is -0.396 e. The largest absolute Gasteiger partial charge is 0.396 e. The van der Waals surface area contributed by atoms with E-state index in [1.54, 1.807) is 0 Å². The van der Waals surface area contributed by atoms with Crippen molar-refractivity contribution in [3.05, 3.63) is 60.7 Å². The summed E-state index contributed by atoms with van der Waals surface area (Å²) in [6, 6.07) is 18.8. The number of carbonyl (C=O) groups excluding carboxylic acids is 1. The van der Waals surface area contributed by atoms with Gasteiger partial charge in [-0.15, -0.1) is 0 Å². The van der Waals surface area contributed by atoms with Gasteiger partial charge in [0, 0.05) is 23.6 Å². The van der Waals surface area contributed by atoms with Crippen LogP contribution in [0.5, 0.6) is 0 Å². The zero-order chi connectivity index (χ0) is 18.1. The molecule has 2 aromatic carbocycles. The van der Waals surface area contributed by atoms with Gasteiger partial charge in [-0.2, -0.15) is 0 Å². The summed E-state index contributed by atoms with van der Waals surface area (Å²) in [5, 5.41) is 10.4. The van der Waals surface area contributed by atoms with Gasteiger partial charge in [0.2, 0.25) is 0 Å². The van der Waals surface area contributed by atoms with Gasteiger partial charge >= 0.3 is 0 Å². The molecular weight excluding hydrogens is 331 g/mol. The molecule has 0 saturated carbocycles. The first-order chi connectivity index (χ1) is 12.1. The smallest absolute Gasteiger partial charge is 0.153 e. The van der Waals surface area contributed by atoms with E-state index in [4.69, 9.17) is 5.11 Å². The molecule has 0 saturated heterocycles. The molecule has 4 heteroatoms. The second-order valence-electron chi connectivity index (χ2n) is 6.25. The number of hydrogen-bond donors (Lipinski definition) is 1. The first-order valence-electron chi connectivity index (χ1n) is 8.99. The molecule has 0 fully saturated rings. The first kappa shape index (κ1) is 19.6. The normalized spacial score (nSPS) is 12.7. The van der Waals surface area contributed by atoms with E-state index in [1.807, 2.05) is 67.6 Å². The van der Waals surface area contributed by atoms with E-state index >= 15 is 0 Å². The molecule has 0 aliphatic rings. The minimum absolute atomic E-state index is 0.0662. The molecule has 0 aliphatic heterocycles. The number of ketones is 1. The topological polar surface area (TPSA) is 54.4 Å². The van der Waals surface area contributed by atoms with Crippen molar-refractivity contribution in [3.8, 4) is 0 Å². The fraction of sp³-hybridized carbons (Fsp3) is 0.381. The summed E-state index contributed by atoms with van der Waals surface area (Å²) in [5.74, 6) is 0.0662. The molecule has 0 heterocycles. The summed E-state index contributed by atoms with van der Waals surface area (Å²) in [6.45, 7) is 2.09. The van der Waals surface area contributed by atoms with E-state index < -0.39 is 12.8 Å². The van der Waals surface area contributed by atoms with Crippen LogP contribution in [0.25, 0.3) is 0 Å². The summed E-state index contributed by atoms with van der Waals surface area (Å²) >= 11 is 0. The Balaban J connectivity index is 2.37. The molecule has 1 N–H and O–H groups in total. The average molecular weight is 358 g/mol. The van der Waals surface area contributed by atoms with Crippen molar-refractivity contribution < 1.29 is 14.5 Å². The van der Waals surface area contributed by atoms with Gasteiger partial charge in [0.1, 0.15) is 5.78 Å². The van der Waals surface area contributed by atoms with Crippen LogP contribution in [0, 0.1) is 0 Å². The van der Waals surface area contributed by atoms with Crippen LogP contribution in [0.1, 0.15) is 39.0 Å². The van der Waals surface area contributed by atoms with Crippen molar-refractivity contribution in [2.24, 2.45) is 0 Å². The SMILES string of the molecule is CCC(C(=O)CCCCCO)P(=O)(c1ccccc1)c1ccccc1. The Kier molecular flexibility index (Phi) is 7.61. The Bertz CT molecular complexity index is 654. The van der Waals surface area contributed by atoms with Crippen LogP contribution < -0.4 is 10.6 Å². The van der Waals surface area contributed by atoms with E-state index in [9.17, 15) is 9.36 Å². The van der Waals surface area contributed by atoms with E-state index in [-0.39, 0.29) is 12.4 Å². The third-order valence-corrected chi connectivity index (χ3v) is 8.22. The molecule has 0 aliphatic carbocycles. The maximum absolute atomic E-state index is 14.2. The summed E-state index contributed by atoms with van der Waals surface area (Å²) < 4.78 is 14.2. The standard InChI is InChI=1S/C21H27O3P/c1-2-21(20(23)16-10-5-11-17-22)25(24,18-12-6-3-7-13-18)19-14-8-4-9-15-19/h3-4,6-9,12-15,21-22H,2,5,10-11,16-17H2,1H3. The molecule has 2 aromatic rings. The molecule has 1 atom stereocenters. The monoisotopic (exact) mass is 358 g/mol. The predicted molar refractivity (Wildman–Crippen MR) is 104 cm³/mol. The fourth-order valence-electron chi connectivity index (χ4n) is 3.25. The van der Waals surface area contributed by atoms with Gasteiger partial charge in [0.25, 0.3) is 0 Å². The van der Waals surface area contributed by atoms with Gasteiger partial charge < -0.3 is 9.67 Å². The van der Waals surface area contributed by atoms with Crippen LogP contribution in [0.2, 0.25) is 0 Å². The van der Waals surface area contributed by atoms with E-state index in [1.165, 1.54) is 0 Å². The van der Waals surface area contributed by atoms with Gasteiger partial charge in [-0.1, -0.05) is 74.0 Å². The van der Waals surface area contributed by atoms with Gasteiger partial charge in [-0.05, 0) is 19.3 Å². The predicted octanol–water partition coefficient (Wildman–Crippen LogP) is 3.90. The van der Waals surface area contributed by atoms with E-state index in [0.29, 0.717) is 19.3 Å². The van der Waals surface area contributed by atoms with Crippen LogP contribution >= 0.6 is 7.14 Å². The third kappa shape index (κ3) is 4.68. The van der Waals surface area contributed by atoms with Crippen molar-refractivity contribution in [1.29, 1.82) is 0 Å². The van der Waals surface area contributed by atoms with Crippen molar-refractivity contribution in [2.45, 2.75) is 44.7 Å². The molecule has 2 rings (SSSR count). The Morgan fingerprint density at radius 2 is 1.44 bits per heavy atom. The fourth-order valence-corrected chi connectivity index (χ4v) is 6.55. The summed E-state index contributed by atoms with van der Waals surface area (Å²) in [5.41, 5.74) is -0.494. The zero-order valence-electron chi connectivity index (χ0n) is 14.8. The number of rotatable bonds is 10. The van der Waals surface area contributed by atoms with Crippen LogP contribution in [0.15, 0.2) is 60.7 Å². The van der Waals surface area contributed by atoms with Crippen molar-refractivity contribution in [3.63, 3.8) is 0 Å². The number of unbranched alkanes of at least 4 members (excludes halogenated alkanes) is 2. The van der Waals surface area contributed by atoms with Gasteiger partial charge in [0.05, 0.1) is 5.66 Å². The molecule has 134 valence electrons. The summed E-state index contributed by atoms with van der Waals surface area (Å²) in [4.78, 5) is 12.9. The number of aliphatic hydroxyl groups is 1. The molecule has 3 nitrogen and oxygen atoms in total. The quantitative estimate of drug-likeness (QED) is 0.518. The van der Waals surface area contributed by atoms with Crippen LogP contribution in [0.3, 0.4) is 0 Å². The number of carbonyl (C=O) groups is 1. The van der Waals surface area contributed by atoms with Crippen LogP contribution in [0.4, 0.5) is 0 Å². The molecule has 0 bridgehead atoms. The molecule has 1 unspecified atom stereocenters. The summed E-state index contributed by atoms with van der Waals surface area (Å²) in [7, 11) is -3.04. The van der Waals surface area contributed by atoms with Crippen molar-refractivity contribution in [1.82, 2.24) is 0 Å². The van der Waals surface area contributed by atoms with Crippen molar-refractivity contribution in [2.75, 3.05) is 6.61 Å². The van der Waals surface area contributed by atoms with Gasteiger partial charge in [0.15, 0.2) is 7.14 Å². The lowest BCUT2D eigenvalue weighted by Gasteiger charge is -2.27. The molecule has 0 radical (unpaired) electrons. The zero-order valence-corrected chi connectivity index (χ0v) is 15.7.